The van der Waals surface area contributed by atoms with Gasteiger partial charge in [0.25, 0.3) is 5.91 Å². The fourth-order valence-corrected chi connectivity index (χ4v) is 2.74. The highest BCUT2D eigenvalue weighted by Gasteiger charge is 2.14. The van der Waals surface area contributed by atoms with E-state index >= 15 is 0 Å². The Labute approximate surface area is 134 Å². The summed E-state index contributed by atoms with van der Waals surface area (Å²) >= 11 is 0. The summed E-state index contributed by atoms with van der Waals surface area (Å²) in [6.45, 7) is 4.49. The minimum atomic E-state index is -0.248. The molecule has 3 aromatic rings. The summed E-state index contributed by atoms with van der Waals surface area (Å²) in [6, 6.07) is 12.4. The highest BCUT2D eigenvalue weighted by molar-refractivity contribution is 6.00. The Morgan fingerprint density at radius 1 is 1.13 bits per heavy atom. The van der Waals surface area contributed by atoms with Crippen LogP contribution in [0.3, 0.4) is 0 Å². The van der Waals surface area contributed by atoms with Gasteiger partial charge in [-0.15, -0.1) is 0 Å². The van der Waals surface area contributed by atoms with E-state index in [1.807, 2.05) is 32.0 Å². The van der Waals surface area contributed by atoms with Crippen LogP contribution in [0, 0.1) is 19.7 Å². The molecule has 4 heteroatoms. The largest absolute Gasteiger partial charge is 0.350 e. The monoisotopic (exact) mass is 310 g/mol. The molecule has 0 fully saturated rings. The van der Waals surface area contributed by atoms with Crippen LogP contribution >= 0.6 is 0 Å². The molecule has 0 saturated heterocycles. The Morgan fingerprint density at radius 3 is 2.61 bits per heavy atom. The Kier molecular flexibility index (Phi) is 4.15. The summed E-state index contributed by atoms with van der Waals surface area (Å²) in [7, 11) is 0. The van der Waals surface area contributed by atoms with Crippen LogP contribution < -0.4 is 5.32 Å². The quantitative estimate of drug-likeness (QED) is 0.754. The van der Waals surface area contributed by atoms with E-state index in [0.29, 0.717) is 18.7 Å². The first kappa shape index (κ1) is 15.3. The third kappa shape index (κ3) is 3.26. The van der Waals surface area contributed by atoms with Crippen molar-refractivity contribution in [2.24, 2.45) is 0 Å². The number of rotatable bonds is 4. The normalized spacial score (nSPS) is 10.9. The maximum atomic E-state index is 12.9. The number of aromatic nitrogens is 1. The Morgan fingerprint density at radius 2 is 1.87 bits per heavy atom. The molecule has 0 aliphatic heterocycles. The van der Waals surface area contributed by atoms with E-state index in [9.17, 15) is 9.18 Å². The van der Waals surface area contributed by atoms with Gasteiger partial charge in [0.05, 0.1) is 0 Å². The van der Waals surface area contributed by atoms with Crippen LogP contribution in [0.5, 0.6) is 0 Å². The second-order valence-corrected chi connectivity index (χ2v) is 5.81. The Bertz CT molecular complexity index is 850. The molecule has 118 valence electrons. The van der Waals surface area contributed by atoms with Crippen molar-refractivity contribution in [3.63, 3.8) is 0 Å². The standard InChI is InChI=1S/C19H19FN2O/c1-12-3-8-16-13(2)18(22-17(16)11-12)19(23)21-10-9-14-4-6-15(20)7-5-14/h3-8,11,22H,9-10H2,1-2H3,(H,21,23). The second kappa shape index (κ2) is 6.24. The number of aryl methyl sites for hydroxylation is 2. The number of benzene rings is 2. The third-order valence-corrected chi connectivity index (χ3v) is 4.05. The number of halogens is 1. The molecule has 23 heavy (non-hydrogen) atoms. The minimum absolute atomic E-state index is 0.113. The van der Waals surface area contributed by atoms with E-state index in [-0.39, 0.29) is 11.7 Å². The van der Waals surface area contributed by atoms with Crippen LogP contribution in [0.2, 0.25) is 0 Å². The van der Waals surface area contributed by atoms with E-state index in [1.165, 1.54) is 12.1 Å². The maximum Gasteiger partial charge on any atom is 0.268 e. The molecule has 1 aromatic heterocycles. The van der Waals surface area contributed by atoms with Gasteiger partial charge < -0.3 is 10.3 Å². The molecular formula is C19H19FN2O. The van der Waals surface area contributed by atoms with Gasteiger partial charge in [0.15, 0.2) is 0 Å². The minimum Gasteiger partial charge on any atom is -0.350 e. The van der Waals surface area contributed by atoms with Crippen molar-refractivity contribution in [3.8, 4) is 0 Å². The van der Waals surface area contributed by atoms with Crippen LogP contribution in [-0.4, -0.2) is 17.4 Å². The number of nitrogens with one attached hydrogen (secondary N) is 2. The van der Waals surface area contributed by atoms with Gasteiger partial charge in [-0.25, -0.2) is 4.39 Å². The zero-order valence-corrected chi connectivity index (χ0v) is 13.2. The molecule has 2 aromatic carbocycles. The second-order valence-electron chi connectivity index (χ2n) is 5.81. The first-order valence-electron chi connectivity index (χ1n) is 7.66. The first-order valence-corrected chi connectivity index (χ1v) is 7.66. The SMILES string of the molecule is Cc1ccc2c(C)c(C(=O)NCCc3ccc(F)cc3)[nH]c2c1. The molecular weight excluding hydrogens is 291 g/mol. The average molecular weight is 310 g/mol. The van der Waals surface area contributed by atoms with Gasteiger partial charge in [-0.1, -0.05) is 24.3 Å². The van der Waals surface area contributed by atoms with Crippen molar-refractivity contribution in [3.05, 3.63) is 70.7 Å². The average Bonchev–Trinajstić information content (AvgIpc) is 2.85. The highest BCUT2D eigenvalue weighted by atomic mass is 19.1. The van der Waals surface area contributed by atoms with Crippen LogP contribution in [0.15, 0.2) is 42.5 Å². The lowest BCUT2D eigenvalue weighted by molar-refractivity contribution is 0.0949. The lowest BCUT2D eigenvalue weighted by Crippen LogP contribution is -2.26. The molecule has 0 aliphatic carbocycles. The Balaban J connectivity index is 1.68. The van der Waals surface area contributed by atoms with Crippen molar-refractivity contribution in [2.75, 3.05) is 6.54 Å². The molecule has 1 heterocycles. The van der Waals surface area contributed by atoms with Crippen LogP contribution in [0.25, 0.3) is 10.9 Å². The molecule has 1 amide bonds. The maximum absolute atomic E-state index is 12.9. The summed E-state index contributed by atoms with van der Waals surface area (Å²) in [5.41, 5.74) is 4.69. The van der Waals surface area contributed by atoms with E-state index in [0.717, 1.165) is 27.6 Å². The number of hydrogen-bond donors (Lipinski definition) is 2. The van der Waals surface area contributed by atoms with Gasteiger partial charge in [-0.05, 0) is 55.2 Å². The number of carbonyl (C=O) groups is 1. The zero-order chi connectivity index (χ0) is 16.4. The van der Waals surface area contributed by atoms with Gasteiger partial charge in [0, 0.05) is 17.4 Å². The van der Waals surface area contributed by atoms with E-state index in [1.54, 1.807) is 12.1 Å². The molecule has 0 radical (unpaired) electrons. The van der Waals surface area contributed by atoms with Crippen LogP contribution in [0.1, 0.15) is 27.2 Å². The number of aromatic amines is 1. The summed E-state index contributed by atoms with van der Waals surface area (Å²) in [6.07, 6.45) is 0.671. The Hall–Kier alpha value is -2.62. The van der Waals surface area contributed by atoms with Gasteiger partial charge in [0.2, 0.25) is 0 Å². The number of fused-ring (bicyclic) bond motifs is 1. The van der Waals surface area contributed by atoms with Gasteiger partial charge >= 0.3 is 0 Å². The molecule has 0 aliphatic rings. The molecule has 3 nitrogen and oxygen atoms in total. The van der Waals surface area contributed by atoms with Crippen molar-refractivity contribution in [1.29, 1.82) is 0 Å². The van der Waals surface area contributed by atoms with Gasteiger partial charge in [-0.2, -0.15) is 0 Å². The predicted octanol–water partition coefficient (Wildman–Crippen LogP) is 3.90. The van der Waals surface area contributed by atoms with Gasteiger partial charge in [0.1, 0.15) is 11.5 Å². The number of hydrogen-bond acceptors (Lipinski definition) is 1. The molecule has 3 rings (SSSR count). The highest BCUT2D eigenvalue weighted by Crippen LogP contribution is 2.22. The van der Waals surface area contributed by atoms with E-state index < -0.39 is 0 Å². The van der Waals surface area contributed by atoms with Crippen molar-refractivity contribution < 1.29 is 9.18 Å². The van der Waals surface area contributed by atoms with E-state index in [4.69, 9.17) is 0 Å². The molecule has 0 unspecified atom stereocenters. The lowest BCUT2D eigenvalue weighted by atomic mass is 10.1. The molecule has 2 N–H and O–H groups in total. The van der Waals surface area contributed by atoms with Crippen molar-refractivity contribution in [2.45, 2.75) is 20.3 Å². The fraction of sp³-hybridized carbons (Fsp3) is 0.211. The summed E-state index contributed by atoms with van der Waals surface area (Å²) in [5.74, 6) is -0.361. The van der Waals surface area contributed by atoms with E-state index in [2.05, 4.69) is 10.3 Å². The topological polar surface area (TPSA) is 44.9 Å². The summed E-state index contributed by atoms with van der Waals surface area (Å²) in [4.78, 5) is 15.6. The fourth-order valence-electron chi connectivity index (χ4n) is 2.74. The summed E-state index contributed by atoms with van der Waals surface area (Å²) < 4.78 is 12.9. The molecule has 0 spiro atoms. The smallest absolute Gasteiger partial charge is 0.268 e. The number of H-pyrrole nitrogens is 1. The number of carbonyl (C=O) groups excluding carboxylic acids is 1. The molecule has 0 bridgehead atoms. The number of amides is 1. The molecule has 0 atom stereocenters. The van der Waals surface area contributed by atoms with Crippen LogP contribution in [-0.2, 0) is 6.42 Å². The zero-order valence-electron chi connectivity index (χ0n) is 13.2. The summed E-state index contributed by atoms with van der Waals surface area (Å²) in [5, 5.41) is 3.98. The molecule has 0 saturated carbocycles. The van der Waals surface area contributed by atoms with Crippen molar-refractivity contribution >= 4 is 16.8 Å². The predicted molar refractivity (Wildman–Crippen MR) is 90.2 cm³/mol. The third-order valence-electron chi connectivity index (χ3n) is 4.05. The van der Waals surface area contributed by atoms with Crippen molar-refractivity contribution in [1.82, 2.24) is 10.3 Å². The lowest BCUT2D eigenvalue weighted by Gasteiger charge is -2.05. The first-order chi connectivity index (χ1) is 11.0. The van der Waals surface area contributed by atoms with Gasteiger partial charge in [-0.3, -0.25) is 4.79 Å². The van der Waals surface area contributed by atoms with Crippen LogP contribution in [0.4, 0.5) is 4.39 Å².